The molecule has 1 aromatic rings. The van der Waals surface area contributed by atoms with Crippen LogP contribution in [-0.4, -0.2) is 28.8 Å². The van der Waals surface area contributed by atoms with Gasteiger partial charge in [-0.2, -0.15) is 13.2 Å². The molecule has 0 unspecified atom stereocenters. The van der Waals surface area contributed by atoms with Crippen LogP contribution in [0.1, 0.15) is 22.0 Å². The summed E-state index contributed by atoms with van der Waals surface area (Å²) in [6.07, 6.45) is -4.99. The molecule has 0 radical (unpaired) electrons. The van der Waals surface area contributed by atoms with Gasteiger partial charge < -0.3 is 4.90 Å². The summed E-state index contributed by atoms with van der Waals surface area (Å²) in [5.41, 5.74) is 0.409. The highest BCUT2D eigenvalue weighted by Crippen LogP contribution is 2.59. The molecular weight excluding hydrogens is 314 g/mol. The summed E-state index contributed by atoms with van der Waals surface area (Å²) in [6, 6.07) is -2.00. The molecule has 3 rings (SSSR count). The Kier molecular flexibility index (Phi) is 2.31. The number of nitrogens with zero attached hydrogens (tertiary/aromatic N) is 1. The van der Waals surface area contributed by atoms with Gasteiger partial charge in [0.05, 0.1) is 11.6 Å². The Labute approximate surface area is 112 Å². The van der Waals surface area contributed by atoms with E-state index in [0.717, 1.165) is 11.3 Å². The second-order valence-corrected chi connectivity index (χ2v) is 6.13. The number of fused-ring (bicyclic) bond motifs is 3. The van der Waals surface area contributed by atoms with Gasteiger partial charge in [-0.15, -0.1) is 11.3 Å². The van der Waals surface area contributed by atoms with E-state index in [9.17, 15) is 22.8 Å². The predicted molar refractivity (Wildman–Crippen MR) is 58.1 cm³/mol. The van der Waals surface area contributed by atoms with Crippen LogP contribution in [0.15, 0.2) is 0 Å². The minimum atomic E-state index is -4.99. The van der Waals surface area contributed by atoms with E-state index in [1.54, 1.807) is 0 Å². The van der Waals surface area contributed by atoms with Gasteiger partial charge in [0.15, 0.2) is 5.78 Å². The van der Waals surface area contributed by atoms with Gasteiger partial charge in [0.1, 0.15) is 14.7 Å². The van der Waals surface area contributed by atoms with Crippen molar-refractivity contribution >= 4 is 46.2 Å². The monoisotopic (exact) mass is 315 g/mol. The van der Waals surface area contributed by atoms with Crippen LogP contribution in [0.25, 0.3) is 0 Å². The number of Topliss-reactive ketones (excluding diaryl/α,β-unsaturated/α-hetero) is 1. The number of rotatable bonds is 0. The number of alkyl halides is 3. The van der Waals surface area contributed by atoms with Crippen LogP contribution in [0, 0.1) is 0 Å². The molecule has 2 atom stereocenters. The average molecular weight is 316 g/mol. The number of carbonyl (C=O) groups excluding carboxylic acids is 2. The van der Waals surface area contributed by atoms with Gasteiger partial charge in [0, 0.05) is 5.56 Å². The highest BCUT2D eigenvalue weighted by molar-refractivity contribution is 7.20. The first kappa shape index (κ1) is 12.3. The third kappa shape index (κ3) is 1.38. The van der Waals surface area contributed by atoms with Gasteiger partial charge in [0.25, 0.3) is 0 Å². The Balaban J connectivity index is 2.01. The van der Waals surface area contributed by atoms with Crippen LogP contribution in [0.5, 0.6) is 0 Å². The fourth-order valence-electron chi connectivity index (χ4n) is 2.23. The predicted octanol–water partition coefficient (Wildman–Crippen LogP) is 3.07. The van der Waals surface area contributed by atoms with Gasteiger partial charge in [-0.25, -0.2) is 0 Å². The second-order valence-electron chi connectivity index (χ2n) is 3.90. The highest BCUT2D eigenvalue weighted by atomic mass is 35.5. The molecule has 1 aliphatic carbocycles. The third-order valence-corrected chi connectivity index (χ3v) is 4.59. The first-order chi connectivity index (χ1) is 8.25. The molecule has 1 amide bonds. The largest absolute Gasteiger partial charge is 0.471 e. The van der Waals surface area contributed by atoms with Crippen molar-refractivity contribution in [1.82, 2.24) is 4.90 Å². The fourth-order valence-corrected chi connectivity index (χ4v) is 4.01. The van der Waals surface area contributed by atoms with Crippen LogP contribution in [0.2, 0.25) is 8.67 Å². The van der Waals surface area contributed by atoms with Crippen LogP contribution < -0.4 is 0 Å². The average Bonchev–Trinajstić information content (AvgIpc) is 2.78. The van der Waals surface area contributed by atoms with Gasteiger partial charge in [-0.05, 0) is 0 Å². The van der Waals surface area contributed by atoms with E-state index in [1.165, 1.54) is 0 Å². The maximum Gasteiger partial charge on any atom is 0.471 e. The zero-order valence-electron chi connectivity index (χ0n) is 8.22. The Morgan fingerprint density at radius 1 is 1.22 bits per heavy atom. The number of ketones is 1. The molecule has 18 heavy (non-hydrogen) atoms. The second kappa shape index (κ2) is 3.40. The number of hydrogen-bond acceptors (Lipinski definition) is 3. The van der Waals surface area contributed by atoms with Gasteiger partial charge in [0.2, 0.25) is 0 Å². The summed E-state index contributed by atoms with van der Waals surface area (Å²) in [4.78, 5) is 23.4. The molecule has 2 heterocycles. The minimum Gasteiger partial charge on any atom is -0.312 e. The lowest BCUT2D eigenvalue weighted by Crippen LogP contribution is -2.33. The molecule has 9 heteroatoms. The normalized spacial score (nSPS) is 25.2. The molecular formula is C9H2Cl2F3NO2S. The molecule has 0 bridgehead atoms. The fraction of sp³-hybridized carbons (Fsp3) is 0.333. The number of thiophene rings is 1. The molecule has 2 aliphatic rings. The smallest absolute Gasteiger partial charge is 0.312 e. The van der Waals surface area contributed by atoms with Crippen molar-refractivity contribution in [3.63, 3.8) is 0 Å². The van der Waals surface area contributed by atoms with Crippen molar-refractivity contribution < 1.29 is 22.8 Å². The summed E-state index contributed by atoms with van der Waals surface area (Å²) in [5.74, 6) is -2.59. The van der Waals surface area contributed by atoms with Gasteiger partial charge in [-0.1, -0.05) is 23.2 Å². The zero-order chi connectivity index (χ0) is 13.4. The minimum absolute atomic E-state index is 0.159. The number of carbonyl (C=O) groups is 2. The quantitative estimate of drug-likeness (QED) is 0.690. The molecule has 3 nitrogen and oxygen atoms in total. The lowest BCUT2D eigenvalue weighted by atomic mass is 10.2. The van der Waals surface area contributed by atoms with Crippen LogP contribution in [0.3, 0.4) is 0 Å². The molecule has 1 fully saturated rings. The first-order valence-corrected chi connectivity index (χ1v) is 6.23. The Bertz CT molecular complexity index is 597. The molecule has 1 saturated heterocycles. The standard InChI is InChI=1S/C9H2Cl2F3NO2S/c10-6-1-2(7(11)18-6)5(16)4-3(1)15(4)8(17)9(12,13)14/h3-4H/t3-,4-,15?/m1/s1. The number of amides is 1. The molecule has 1 aromatic heterocycles. The van der Waals surface area contributed by atoms with E-state index in [4.69, 9.17) is 23.2 Å². The van der Waals surface area contributed by atoms with E-state index in [1.807, 2.05) is 0 Å². The summed E-state index contributed by atoms with van der Waals surface area (Å²) in [7, 11) is 0. The maximum absolute atomic E-state index is 12.3. The number of hydrogen-bond donors (Lipinski definition) is 0. The van der Waals surface area contributed by atoms with Crippen molar-refractivity contribution in [2.45, 2.75) is 18.3 Å². The van der Waals surface area contributed by atoms with E-state index >= 15 is 0 Å². The molecule has 1 aliphatic heterocycles. The van der Waals surface area contributed by atoms with E-state index in [0.29, 0.717) is 4.90 Å². The summed E-state index contributed by atoms with van der Waals surface area (Å²) in [6.45, 7) is 0. The molecule has 0 aromatic carbocycles. The van der Waals surface area contributed by atoms with E-state index in [2.05, 4.69) is 0 Å². The van der Waals surface area contributed by atoms with Crippen molar-refractivity contribution in [2.24, 2.45) is 0 Å². The molecule has 0 saturated carbocycles. The van der Waals surface area contributed by atoms with Crippen molar-refractivity contribution in [3.8, 4) is 0 Å². The lowest BCUT2D eigenvalue weighted by molar-refractivity contribution is -0.180. The van der Waals surface area contributed by atoms with Crippen molar-refractivity contribution in [1.29, 1.82) is 0 Å². The molecule has 96 valence electrons. The first-order valence-electron chi connectivity index (χ1n) is 4.66. The molecule has 0 N–H and O–H groups in total. The van der Waals surface area contributed by atoms with Crippen LogP contribution >= 0.6 is 34.5 Å². The van der Waals surface area contributed by atoms with E-state index < -0.39 is 30.0 Å². The molecule has 0 spiro atoms. The Morgan fingerprint density at radius 2 is 1.83 bits per heavy atom. The Hall–Kier alpha value is -0.790. The van der Waals surface area contributed by atoms with Crippen LogP contribution in [0.4, 0.5) is 13.2 Å². The zero-order valence-corrected chi connectivity index (χ0v) is 10.5. The lowest BCUT2D eigenvalue weighted by Gasteiger charge is -2.10. The Morgan fingerprint density at radius 3 is 2.39 bits per heavy atom. The highest BCUT2D eigenvalue weighted by Gasteiger charge is 2.67. The summed E-state index contributed by atoms with van der Waals surface area (Å²) in [5, 5.41) is 0. The van der Waals surface area contributed by atoms with Crippen LogP contribution in [-0.2, 0) is 4.79 Å². The summed E-state index contributed by atoms with van der Waals surface area (Å²) >= 11 is 12.5. The number of halogens is 5. The van der Waals surface area contributed by atoms with E-state index in [-0.39, 0.29) is 19.8 Å². The van der Waals surface area contributed by atoms with Crippen molar-refractivity contribution in [3.05, 3.63) is 19.8 Å². The topological polar surface area (TPSA) is 37.1 Å². The van der Waals surface area contributed by atoms with Crippen molar-refractivity contribution in [2.75, 3.05) is 0 Å². The van der Waals surface area contributed by atoms with Gasteiger partial charge >= 0.3 is 12.1 Å². The SMILES string of the molecule is O=C1c2c(Cl)sc(Cl)c2[C@@H]2[C@H]1N2C(=O)C(F)(F)F. The van der Waals surface area contributed by atoms with Gasteiger partial charge in [-0.3, -0.25) is 9.59 Å². The third-order valence-electron chi connectivity index (χ3n) is 2.95. The maximum atomic E-state index is 12.3. The summed E-state index contributed by atoms with van der Waals surface area (Å²) < 4.78 is 37.2.